The van der Waals surface area contributed by atoms with Crippen LogP contribution in [0.15, 0.2) is 46.2 Å². The maximum atomic E-state index is 12.4. The summed E-state index contributed by atoms with van der Waals surface area (Å²) >= 11 is 0. The average molecular weight is 292 g/mol. The van der Waals surface area contributed by atoms with Gasteiger partial charge in [0.15, 0.2) is 0 Å². The lowest BCUT2D eigenvalue weighted by Crippen LogP contribution is -2.24. The first-order chi connectivity index (χ1) is 9.44. The van der Waals surface area contributed by atoms with E-state index in [0.29, 0.717) is 5.84 Å². The molecule has 2 rings (SSSR count). The van der Waals surface area contributed by atoms with Gasteiger partial charge >= 0.3 is 0 Å². The summed E-state index contributed by atoms with van der Waals surface area (Å²) in [6.45, 7) is 6.48. The molecule has 1 fully saturated rings. The van der Waals surface area contributed by atoms with E-state index < -0.39 is 10.0 Å². The molecule has 1 unspecified atom stereocenters. The molecule has 4 nitrogen and oxygen atoms in total. The molecule has 5 heteroatoms. The molecule has 0 aromatic heterocycles. The van der Waals surface area contributed by atoms with Gasteiger partial charge < -0.3 is 4.90 Å². The fraction of sp³-hybridized carbons (Fsp3) is 0.400. The molecular formula is C15H20N2O2S. The fourth-order valence-electron chi connectivity index (χ4n) is 2.36. The molecule has 1 aromatic carbocycles. The van der Waals surface area contributed by atoms with E-state index in [1.807, 2.05) is 24.9 Å². The van der Waals surface area contributed by atoms with E-state index in [1.54, 1.807) is 24.3 Å². The highest BCUT2D eigenvalue weighted by atomic mass is 32.2. The van der Waals surface area contributed by atoms with Crippen LogP contribution in [0, 0.1) is 12.8 Å². The third-order valence-electron chi connectivity index (χ3n) is 3.55. The molecule has 0 aliphatic carbocycles. The fourth-order valence-corrected chi connectivity index (χ4v) is 3.48. The van der Waals surface area contributed by atoms with Gasteiger partial charge in [-0.3, -0.25) is 0 Å². The molecule has 1 aliphatic rings. The van der Waals surface area contributed by atoms with Crippen LogP contribution in [0.4, 0.5) is 0 Å². The molecule has 1 aliphatic heterocycles. The summed E-state index contributed by atoms with van der Waals surface area (Å²) in [5.74, 6) is 0.795. The van der Waals surface area contributed by atoms with Gasteiger partial charge in [-0.2, -0.15) is 8.42 Å². The number of nitrogens with zero attached hydrogens (tertiary/aromatic N) is 2. The van der Waals surface area contributed by atoms with Gasteiger partial charge in [-0.25, -0.2) is 0 Å². The first-order valence-corrected chi connectivity index (χ1v) is 8.11. The summed E-state index contributed by atoms with van der Waals surface area (Å²) in [6, 6.07) is 6.78. The Morgan fingerprint density at radius 3 is 2.65 bits per heavy atom. The van der Waals surface area contributed by atoms with Crippen molar-refractivity contribution in [2.24, 2.45) is 10.3 Å². The summed E-state index contributed by atoms with van der Waals surface area (Å²) < 4.78 is 28.8. The van der Waals surface area contributed by atoms with Crippen molar-refractivity contribution in [2.45, 2.75) is 24.7 Å². The number of hydrogen-bond donors (Lipinski definition) is 0. The predicted molar refractivity (Wildman–Crippen MR) is 81.4 cm³/mol. The number of benzene rings is 1. The van der Waals surface area contributed by atoms with Crippen molar-refractivity contribution in [1.29, 1.82) is 0 Å². The molecule has 1 aromatic rings. The lowest BCUT2D eigenvalue weighted by atomic mass is 10.0. The zero-order chi connectivity index (χ0) is 14.8. The number of rotatable bonds is 4. The van der Waals surface area contributed by atoms with Gasteiger partial charge in [-0.1, -0.05) is 23.8 Å². The van der Waals surface area contributed by atoms with Crippen molar-refractivity contribution in [2.75, 3.05) is 13.6 Å². The third-order valence-corrected chi connectivity index (χ3v) is 4.85. The molecule has 0 N–H and O–H groups in total. The molecule has 1 atom stereocenters. The maximum absolute atomic E-state index is 12.4. The van der Waals surface area contributed by atoms with Crippen LogP contribution < -0.4 is 0 Å². The summed E-state index contributed by atoms with van der Waals surface area (Å²) in [6.07, 6.45) is 3.50. The largest absolute Gasteiger partial charge is 0.362 e. The zero-order valence-electron chi connectivity index (χ0n) is 11.9. The standard InChI is InChI=1S/C15H20N2O2S/c1-4-5-13-10-11-17(3)15(13)16-20(18,19)14-8-6-12(2)7-9-14/h4,6-9,13H,1,5,10-11H2,2-3H3/b16-15-. The molecule has 108 valence electrons. The maximum Gasteiger partial charge on any atom is 0.283 e. The Hall–Kier alpha value is -1.62. The second kappa shape index (κ2) is 5.79. The van der Waals surface area contributed by atoms with E-state index in [4.69, 9.17) is 0 Å². The van der Waals surface area contributed by atoms with Crippen molar-refractivity contribution in [3.8, 4) is 0 Å². The Labute approximate surface area is 120 Å². The van der Waals surface area contributed by atoms with E-state index in [0.717, 1.165) is 24.9 Å². The lowest BCUT2D eigenvalue weighted by molar-refractivity contribution is 0.545. The lowest BCUT2D eigenvalue weighted by Gasteiger charge is -2.14. The molecule has 20 heavy (non-hydrogen) atoms. The van der Waals surface area contributed by atoms with Crippen molar-refractivity contribution in [1.82, 2.24) is 4.90 Å². The van der Waals surface area contributed by atoms with Crippen LogP contribution in [0.2, 0.25) is 0 Å². The number of aryl methyl sites for hydroxylation is 1. The Morgan fingerprint density at radius 2 is 2.05 bits per heavy atom. The van der Waals surface area contributed by atoms with Crippen LogP contribution in [0.5, 0.6) is 0 Å². The number of likely N-dealkylation sites (tertiary alicyclic amines) is 1. The molecule has 1 saturated heterocycles. The van der Waals surface area contributed by atoms with Gasteiger partial charge in [0, 0.05) is 19.5 Å². The first-order valence-electron chi connectivity index (χ1n) is 6.67. The van der Waals surface area contributed by atoms with E-state index in [2.05, 4.69) is 11.0 Å². The van der Waals surface area contributed by atoms with Crippen molar-refractivity contribution in [3.05, 3.63) is 42.5 Å². The van der Waals surface area contributed by atoms with Crippen LogP contribution in [0.25, 0.3) is 0 Å². The Morgan fingerprint density at radius 1 is 1.40 bits per heavy atom. The number of amidine groups is 1. The van der Waals surface area contributed by atoms with Gasteiger partial charge in [0.1, 0.15) is 5.84 Å². The summed E-state index contributed by atoms with van der Waals surface area (Å²) in [7, 11) is -1.75. The molecule has 1 heterocycles. The second-order valence-electron chi connectivity index (χ2n) is 5.17. The summed E-state index contributed by atoms with van der Waals surface area (Å²) in [4.78, 5) is 2.16. The van der Waals surface area contributed by atoms with Gasteiger partial charge in [-0.05, 0) is 31.9 Å². The topological polar surface area (TPSA) is 49.7 Å². The van der Waals surface area contributed by atoms with Crippen LogP contribution in [0.1, 0.15) is 18.4 Å². The molecule has 0 bridgehead atoms. The van der Waals surface area contributed by atoms with Crippen molar-refractivity contribution < 1.29 is 8.42 Å². The minimum atomic E-state index is -3.63. The van der Waals surface area contributed by atoms with Crippen molar-refractivity contribution >= 4 is 15.9 Å². The quantitative estimate of drug-likeness (QED) is 0.802. The molecule has 0 amide bonds. The smallest absolute Gasteiger partial charge is 0.283 e. The molecular weight excluding hydrogens is 272 g/mol. The van der Waals surface area contributed by atoms with E-state index in [9.17, 15) is 8.42 Å². The Balaban J connectivity index is 2.36. The SMILES string of the molecule is C=CCC1CCN(C)/C1=N\S(=O)(=O)c1ccc(C)cc1. The van der Waals surface area contributed by atoms with Crippen LogP contribution in [-0.2, 0) is 10.0 Å². The minimum absolute atomic E-state index is 0.151. The average Bonchev–Trinajstić information content (AvgIpc) is 2.72. The van der Waals surface area contributed by atoms with Crippen LogP contribution >= 0.6 is 0 Å². The van der Waals surface area contributed by atoms with Gasteiger partial charge in [-0.15, -0.1) is 11.0 Å². The Kier molecular flexibility index (Phi) is 4.28. The second-order valence-corrected chi connectivity index (χ2v) is 6.77. The highest BCUT2D eigenvalue weighted by molar-refractivity contribution is 7.90. The highest BCUT2D eigenvalue weighted by Gasteiger charge is 2.28. The van der Waals surface area contributed by atoms with Gasteiger partial charge in [0.05, 0.1) is 4.90 Å². The van der Waals surface area contributed by atoms with Crippen molar-refractivity contribution in [3.63, 3.8) is 0 Å². The van der Waals surface area contributed by atoms with E-state index in [1.165, 1.54) is 0 Å². The minimum Gasteiger partial charge on any atom is -0.362 e. The monoisotopic (exact) mass is 292 g/mol. The number of sulfonamides is 1. The van der Waals surface area contributed by atoms with E-state index in [-0.39, 0.29) is 10.8 Å². The first kappa shape index (κ1) is 14.8. The van der Waals surface area contributed by atoms with Crippen LogP contribution in [-0.4, -0.2) is 32.7 Å². The summed E-state index contributed by atoms with van der Waals surface area (Å²) in [5.41, 5.74) is 1.03. The zero-order valence-corrected chi connectivity index (χ0v) is 12.7. The third kappa shape index (κ3) is 3.10. The molecule has 0 saturated carbocycles. The number of allylic oxidation sites excluding steroid dienone is 1. The molecule has 0 radical (unpaired) electrons. The molecule has 0 spiro atoms. The normalized spacial score (nSPS) is 21.4. The predicted octanol–water partition coefficient (Wildman–Crippen LogP) is 2.61. The van der Waals surface area contributed by atoms with Gasteiger partial charge in [0.2, 0.25) is 0 Å². The Bertz CT molecular complexity index is 618. The van der Waals surface area contributed by atoms with E-state index >= 15 is 0 Å². The summed E-state index contributed by atoms with van der Waals surface area (Å²) in [5, 5.41) is 0. The highest BCUT2D eigenvalue weighted by Crippen LogP contribution is 2.24. The number of hydrogen-bond acceptors (Lipinski definition) is 2. The van der Waals surface area contributed by atoms with Gasteiger partial charge in [0.25, 0.3) is 10.0 Å². The van der Waals surface area contributed by atoms with Crippen LogP contribution in [0.3, 0.4) is 0 Å².